The fourth-order valence-corrected chi connectivity index (χ4v) is 2.73. The van der Waals surface area contributed by atoms with Gasteiger partial charge in [-0.1, -0.05) is 6.07 Å². The minimum Gasteiger partial charge on any atom is -0.493 e. The predicted octanol–water partition coefficient (Wildman–Crippen LogP) is 2.12. The molecule has 7 nitrogen and oxygen atoms in total. The second-order valence-corrected chi connectivity index (χ2v) is 5.97. The number of ether oxygens (including phenoxy) is 3. The van der Waals surface area contributed by atoms with Crippen molar-refractivity contribution in [2.45, 2.75) is 32.7 Å². The first-order valence-corrected chi connectivity index (χ1v) is 8.52. The number of nitrogens with one attached hydrogen (secondary N) is 1. The Morgan fingerprint density at radius 1 is 1.24 bits per heavy atom. The minimum atomic E-state index is -0.290. The number of benzene rings is 1. The highest BCUT2D eigenvalue weighted by molar-refractivity contribution is 5.78. The molecule has 0 atom stereocenters. The predicted molar refractivity (Wildman–Crippen MR) is 93.0 cm³/mol. The van der Waals surface area contributed by atoms with E-state index >= 15 is 0 Å². The van der Waals surface area contributed by atoms with Crippen molar-refractivity contribution in [3.8, 4) is 11.5 Å². The van der Waals surface area contributed by atoms with Gasteiger partial charge in [0.15, 0.2) is 18.1 Å². The van der Waals surface area contributed by atoms with E-state index in [1.54, 1.807) is 25.0 Å². The maximum Gasteiger partial charge on any atom is 0.409 e. The highest BCUT2D eigenvalue weighted by atomic mass is 16.6. The quantitative estimate of drug-likeness (QED) is 0.850. The Hall–Kier alpha value is -2.44. The highest BCUT2D eigenvalue weighted by Crippen LogP contribution is 2.27. The third kappa shape index (κ3) is 5.55. The van der Waals surface area contributed by atoms with Crippen molar-refractivity contribution in [2.24, 2.45) is 0 Å². The van der Waals surface area contributed by atoms with Gasteiger partial charge in [0, 0.05) is 19.1 Å². The van der Waals surface area contributed by atoms with E-state index in [1.165, 1.54) is 0 Å². The molecule has 2 rings (SSSR count). The molecule has 1 heterocycles. The van der Waals surface area contributed by atoms with Crippen LogP contribution in [-0.2, 0) is 9.53 Å². The zero-order valence-electron chi connectivity index (χ0n) is 15.0. The Balaban J connectivity index is 1.75. The van der Waals surface area contributed by atoms with E-state index in [1.807, 2.05) is 19.1 Å². The number of piperidine rings is 1. The number of nitrogens with zero attached hydrogens (tertiary/aromatic N) is 1. The molecule has 1 saturated heterocycles. The van der Waals surface area contributed by atoms with Gasteiger partial charge >= 0.3 is 6.09 Å². The lowest BCUT2D eigenvalue weighted by Crippen LogP contribution is -2.47. The van der Waals surface area contributed by atoms with Crippen LogP contribution in [0.2, 0.25) is 0 Å². The smallest absolute Gasteiger partial charge is 0.409 e. The summed E-state index contributed by atoms with van der Waals surface area (Å²) in [4.78, 5) is 25.4. The number of hydrogen-bond acceptors (Lipinski definition) is 5. The maximum absolute atomic E-state index is 12.1. The molecule has 0 bridgehead atoms. The van der Waals surface area contributed by atoms with E-state index in [4.69, 9.17) is 14.2 Å². The van der Waals surface area contributed by atoms with Crippen LogP contribution in [-0.4, -0.2) is 56.4 Å². The summed E-state index contributed by atoms with van der Waals surface area (Å²) >= 11 is 0. The van der Waals surface area contributed by atoms with Crippen molar-refractivity contribution in [3.63, 3.8) is 0 Å². The van der Waals surface area contributed by atoms with Gasteiger partial charge in [-0.2, -0.15) is 0 Å². The van der Waals surface area contributed by atoms with E-state index in [0.29, 0.717) is 44.0 Å². The molecule has 1 aromatic rings. The first kappa shape index (κ1) is 18.9. The van der Waals surface area contributed by atoms with Gasteiger partial charge in [0.1, 0.15) is 0 Å². The summed E-state index contributed by atoms with van der Waals surface area (Å²) in [5, 5.41) is 2.95. The summed E-state index contributed by atoms with van der Waals surface area (Å²) in [6.45, 7) is 5.20. The maximum atomic E-state index is 12.1. The average Bonchev–Trinajstić information content (AvgIpc) is 2.61. The van der Waals surface area contributed by atoms with Crippen LogP contribution in [0.25, 0.3) is 0 Å². The summed E-state index contributed by atoms with van der Waals surface area (Å²) in [5.41, 5.74) is 1.06. The lowest BCUT2D eigenvalue weighted by atomic mass is 10.1. The number of hydrogen-bond donors (Lipinski definition) is 1. The van der Waals surface area contributed by atoms with E-state index < -0.39 is 0 Å². The zero-order valence-corrected chi connectivity index (χ0v) is 15.0. The molecule has 0 unspecified atom stereocenters. The third-order valence-corrected chi connectivity index (χ3v) is 4.06. The standard InChI is InChI=1S/C18H26N2O5/c1-4-24-18(22)20-9-7-14(8-10-20)19-17(21)12-25-15-6-5-13(2)11-16(15)23-3/h5-6,11,14H,4,7-10,12H2,1-3H3,(H,19,21). The van der Waals surface area contributed by atoms with Crippen molar-refractivity contribution >= 4 is 12.0 Å². The van der Waals surface area contributed by atoms with Gasteiger partial charge in [0.25, 0.3) is 5.91 Å². The summed E-state index contributed by atoms with van der Waals surface area (Å²) < 4.78 is 15.8. The number of carbonyl (C=O) groups excluding carboxylic acids is 2. The molecule has 0 saturated carbocycles. The van der Waals surface area contributed by atoms with Gasteiger partial charge in [-0.15, -0.1) is 0 Å². The highest BCUT2D eigenvalue weighted by Gasteiger charge is 2.24. The Morgan fingerprint density at radius 3 is 2.60 bits per heavy atom. The summed E-state index contributed by atoms with van der Waals surface area (Å²) in [6.07, 6.45) is 1.12. The molecular weight excluding hydrogens is 324 g/mol. The number of rotatable bonds is 6. The molecule has 7 heteroatoms. The molecule has 1 N–H and O–H groups in total. The molecule has 2 amide bonds. The molecule has 0 aromatic heterocycles. The van der Waals surface area contributed by atoms with Crippen LogP contribution in [0, 0.1) is 6.92 Å². The van der Waals surface area contributed by atoms with Gasteiger partial charge in [-0.25, -0.2) is 4.79 Å². The Bertz CT molecular complexity index is 597. The lowest BCUT2D eigenvalue weighted by Gasteiger charge is -2.31. The molecular formula is C18H26N2O5. The van der Waals surface area contributed by atoms with Crippen molar-refractivity contribution in [2.75, 3.05) is 33.4 Å². The second kappa shape index (κ2) is 9.15. The van der Waals surface area contributed by atoms with Crippen LogP contribution in [0.15, 0.2) is 18.2 Å². The van der Waals surface area contributed by atoms with Crippen molar-refractivity contribution in [3.05, 3.63) is 23.8 Å². The van der Waals surface area contributed by atoms with Crippen LogP contribution in [0.1, 0.15) is 25.3 Å². The summed E-state index contributed by atoms with van der Waals surface area (Å²) in [5.74, 6) is 0.966. The first-order valence-electron chi connectivity index (χ1n) is 8.52. The normalized spacial score (nSPS) is 14.8. The van der Waals surface area contributed by atoms with Gasteiger partial charge in [0.05, 0.1) is 13.7 Å². The number of aryl methyl sites for hydroxylation is 1. The molecule has 25 heavy (non-hydrogen) atoms. The van der Waals surface area contributed by atoms with Crippen molar-refractivity contribution in [1.82, 2.24) is 10.2 Å². The largest absolute Gasteiger partial charge is 0.493 e. The van der Waals surface area contributed by atoms with Gasteiger partial charge in [-0.3, -0.25) is 4.79 Å². The SMILES string of the molecule is CCOC(=O)N1CCC(NC(=O)COc2ccc(C)cc2OC)CC1. The molecule has 1 fully saturated rings. The molecule has 1 aliphatic rings. The van der Waals surface area contributed by atoms with Crippen LogP contribution in [0.5, 0.6) is 11.5 Å². The molecule has 1 aromatic carbocycles. The molecule has 0 radical (unpaired) electrons. The number of likely N-dealkylation sites (tertiary alicyclic amines) is 1. The van der Waals surface area contributed by atoms with Crippen LogP contribution in [0.3, 0.4) is 0 Å². The Labute approximate surface area is 148 Å². The van der Waals surface area contributed by atoms with Crippen LogP contribution < -0.4 is 14.8 Å². The number of amides is 2. The molecule has 1 aliphatic heterocycles. The minimum absolute atomic E-state index is 0.0432. The monoisotopic (exact) mass is 350 g/mol. The molecule has 138 valence electrons. The Kier molecular flexibility index (Phi) is 6.91. The second-order valence-electron chi connectivity index (χ2n) is 5.97. The van der Waals surface area contributed by atoms with E-state index in [9.17, 15) is 9.59 Å². The van der Waals surface area contributed by atoms with E-state index in [-0.39, 0.29) is 24.6 Å². The van der Waals surface area contributed by atoms with Crippen molar-refractivity contribution < 1.29 is 23.8 Å². The van der Waals surface area contributed by atoms with Gasteiger partial charge in [-0.05, 0) is 44.4 Å². The van der Waals surface area contributed by atoms with Gasteiger partial charge < -0.3 is 24.4 Å². The summed E-state index contributed by atoms with van der Waals surface area (Å²) in [7, 11) is 1.57. The molecule has 0 spiro atoms. The summed E-state index contributed by atoms with van der Waals surface area (Å²) in [6, 6.07) is 5.60. The van der Waals surface area contributed by atoms with E-state index in [0.717, 1.165) is 5.56 Å². The fraction of sp³-hybridized carbons (Fsp3) is 0.556. The average molecular weight is 350 g/mol. The van der Waals surface area contributed by atoms with Crippen molar-refractivity contribution in [1.29, 1.82) is 0 Å². The Morgan fingerprint density at radius 2 is 1.96 bits per heavy atom. The van der Waals surface area contributed by atoms with E-state index in [2.05, 4.69) is 5.32 Å². The number of methoxy groups -OCH3 is 1. The fourth-order valence-electron chi connectivity index (χ4n) is 2.73. The van der Waals surface area contributed by atoms with Gasteiger partial charge in [0.2, 0.25) is 0 Å². The third-order valence-electron chi connectivity index (χ3n) is 4.06. The topological polar surface area (TPSA) is 77.1 Å². The van der Waals surface area contributed by atoms with Crippen LogP contribution >= 0.6 is 0 Å². The van der Waals surface area contributed by atoms with Crippen LogP contribution in [0.4, 0.5) is 4.79 Å². The molecule has 0 aliphatic carbocycles. The lowest BCUT2D eigenvalue weighted by molar-refractivity contribution is -0.124. The zero-order chi connectivity index (χ0) is 18.2. The first-order chi connectivity index (χ1) is 12.0. The number of carbonyl (C=O) groups is 2.